The van der Waals surface area contributed by atoms with Crippen molar-refractivity contribution in [2.45, 2.75) is 13.8 Å². The Labute approximate surface area is 194 Å². The highest BCUT2D eigenvalue weighted by atomic mass is 16.5. The Hall–Kier alpha value is -3.51. The van der Waals surface area contributed by atoms with Gasteiger partial charge in [0.05, 0.1) is 54.5 Å². The fourth-order valence-electron chi connectivity index (χ4n) is 4.35. The maximum Gasteiger partial charge on any atom is 0.145 e. The molecular formula is C27H29N3O3. The van der Waals surface area contributed by atoms with Crippen LogP contribution in [0.15, 0.2) is 60.7 Å². The third kappa shape index (κ3) is 4.26. The van der Waals surface area contributed by atoms with Crippen LogP contribution in [-0.4, -0.2) is 44.5 Å². The van der Waals surface area contributed by atoms with Gasteiger partial charge in [0.15, 0.2) is 0 Å². The normalized spacial score (nSPS) is 13.9. The number of para-hydroxylation sites is 2. The first-order chi connectivity index (χ1) is 16.3. The minimum absolute atomic E-state index is 0.572. The molecule has 4 aromatic rings. The van der Waals surface area contributed by atoms with E-state index < -0.39 is 0 Å². The predicted molar refractivity (Wildman–Crippen MR) is 134 cm³/mol. The number of morpholine rings is 1. The topological polar surface area (TPSA) is 55.9 Å². The Morgan fingerprint density at radius 3 is 2.09 bits per heavy atom. The Morgan fingerprint density at radius 1 is 0.848 bits per heavy atom. The number of nitrogens with one attached hydrogen (secondary N) is 1. The summed E-state index contributed by atoms with van der Waals surface area (Å²) in [6, 6.07) is 20.6. The summed E-state index contributed by atoms with van der Waals surface area (Å²) in [4.78, 5) is 7.15. The zero-order chi connectivity index (χ0) is 22.6. The molecule has 6 heteroatoms. The van der Waals surface area contributed by atoms with Gasteiger partial charge >= 0.3 is 0 Å². The van der Waals surface area contributed by atoms with E-state index in [1.165, 1.54) is 0 Å². The lowest BCUT2D eigenvalue weighted by Gasteiger charge is -2.31. The molecule has 0 atom stereocenters. The van der Waals surface area contributed by atoms with Crippen LogP contribution < -0.4 is 19.7 Å². The summed E-state index contributed by atoms with van der Waals surface area (Å²) in [6.45, 7) is 8.27. The SMILES string of the molecule is CCOc1cc(N2CCOCC2)c(OCC)cc1Nc1c2ccccc2nc2ccccc12. The standard InChI is InChI=1S/C27H29N3O3/c1-3-32-25-18-24(30-13-15-31-16-14-30)26(33-4-2)17-23(25)29-27-19-9-5-7-11-21(19)28-22-12-8-6-10-20(22)27/h5-12,17-18H,3-4,13-16H2,1-2H3,(H,28,29). The van der Waals surface area contributed by atoms with Gasteiger partial charge in [-0.1, -0.05) is 36.4 Å². The fourth-order valence-corrected chi connectivity index (χ4v) is 4.35. The fraction of sp³-hybridized carbons (Fsp3) is 0.296. The van der Waals surface area contributed by atoms with Gasteiger partial charge in [-0.05, 0) is 26.0 Å². The quantitative estimate of drug-likeness (QED) is 0.366. The zero-order valence-corrected chi connectivity index (χ0v) is 19.1. The van der Waals surface area contributed by atoms with E-state index in [0.29, 0.717) is 26.4 Å². The van der Waals surface area contributed by atoms with Crippen molar-refractivity contribution < 1.29 is 14.2 Å². The highest BCUT2D eigenvalue weighted by Crippen LogP contribution is 2.42. The first-order valence-corrected chi connectivity index (χ1v) is 11.6. The van der Waals surface area contributed by atoms with Crippen molar-refractivity contribution in [1.29, 1.82) is 0 Å². The Kier molecular flexibility index (Phi) is 6.17. The minimum Gasteiger partial charge on any atom is -0.492 e. The summed E-state index contributed by atoms with van der Waals surface area (Å²) in [5.74, 6) is 1.64. The first-order valence-electron chi connectivity index (χ1n) is 11.6. The number of benzene rings is 3. The molecule has 0 amide bonds. The molecule has 5 rings (SSSR count). The van der Waals surface area contributed by atoms with Gasteiger partial charge in [0.2, 0.25) is 0 Å². The number of hydrogen-bond acceptors (Lipinski definition) is 6. The molecule has 1 aromatic heterocycles. The van der Waals surface area contributed by atoms with Crippen LogP contribution in [0.25, 0.3) is 21.8 Å². The van der Waals surface area contributed by atoms with E-state index in [0.717, 1.165) is 63.5 Å². The van der Waals surface area contributed by atoms with Crippen molar-refractivity contribution in [3.63, 3.8) is 0 Å². The molecule has 0 radical (unpaired) electrons. The van der Waals surface area contributed by atoms with E-state index in [4.69, 9.17) is 19.2 Å². The van der Waals surface area contributed by atoms with E-state index in [-0.39, 0.29) is 0 Å². The van der Waals surface area contributed by atoms with Gasteiger partial charge in [-0.15, -0.1) is 0 Å². The Morgan fingerprint density at radius 2 is 1.45 bits per heavy atom. The van der Waals surface area contributed by atoms with Crippen molar-refractivity contribution >= 4 is 38.9 Å². The Balaban J connectivity index is 1.66. The average Bonchev–Trinajstić information content (AvgIpc) is 2.86. The summed E-state index contributed by atoms with van der Waals surface area (Å²) in [5, 5.41) is 5.81. The van der Waals surface area contributed by atoms with Crippen molar-refractivity contribution in [2.24, 2.45) is 0 Å². The maximum atomic E-state index is 6.11. The molecule has 170 valence electrons. The second-order valence-electron chi connectivity index (χ2n) is 7.93. The van der Waals surface area contributed by atoms with E-state index in [1.54, 1.807) is 0 Å². The van der Waals surface area contributed by atoms with Crippen LogP contribution in [0.1, 0.15) is 13.8 Å². The number of pyridine rings is 1. The smallest absolute Gasteiger partial charge is 0.145 e. The average molecular weight is 444 g/mol. The number of hydrogen-bond donors (Lipinski definition) is 1. The molecule has 0 unspecified atom stereocenters. The number of aromatic nitrogens is 1. The van der Waals surface area contributed by atoms with Crippen LogP contribution >= 0.6 is 0 Å². The molecule has 0 bridgehead atoms. The number of anilines is 3. The molecule has 1 fully saturated rings. The molecule has 33 heavy (non-hydrogen) atoms. The van der Waals surface area contributed by atoms with Crippen molar-refractivity contribution in [2.75, 3.05) is 49.7 Å². The molecule has 0 spiro atoms. The van der Waals surface area contributed by atoms with Crippen molar-refractivity contribution in [3.8, 4) is 11.5 Å². The third-order valence-corrected chi connectivity index (χ3v) is 5.86. The van der Waals surface area contributed by atoms with E-state index in [1.807, 2.05) is 50.2 Å². The lowest BCUT2D eigenvalue weighted by atomic mass is 10.1. The van der Waals surface area contributed by atoms with Crippen LogP contribution in [-0.2, 0) is 4.74 Å². The summed E-state index contributed by atoms with van der Waals surface area (Å²) < 4.78 is 17.7. The molecule has 1 saturated heterocycles. The number of fused-ring (bicyclic) bond motifs is 2. The molecule has 3 aromatic carbocycles. The lowest BCUT2D eigenvalue weighted by Crippen LogP contribution is -2.36. The molecular weight excluding hydrogens is 414 g/mol. The maximum absolute atomic E-state index is 6.11. The van der Waals surface area contributed by atoms with E-state index >= 15 is 0 Å². The number of nitrogens with zero attached hydrogens (tertiary/aromatic N) is 2. The van der Waals surface area contributed by atoms with Crippen LogP contribution in [0.2, 0.25) is 0 Å². The molecule has 1 N–H and O–H groups in total. The van der Waals surface area contributed by atoms with Crippen molar-refractivity contribution in [1.82, 2.24) is 4.98 Å². The van der Waals surface area contributed by atoms with Gasteiger partial charge in [0, 0.05) is 36.0 Å². The van der Waals surface area contributed by atoms with Gasteiger partial charge < -0.3 is 24.4 Å². The largest absolute Gasteiger partial charge is 0.492 e. The van der Waals surface area contributed by atoms with Gasteiger partial charge in [-0.25, -0.2) is 4.98 Å². The highest BCUT2D eigenvalue weighted by Gasteiger charge is 2.20. The van der Waals surface area contributed by atoms with Crippen LogP contribution in [0, 0.1) is 0 Å². The zero-order valence-electron chi connectivity index (χ0n) is 19.1. The van der Waals surface area contributed by atoms with Crippen molar-refractivity contribution in [3.05, 3.63) is 60.7 Å². The molecule has 0 aliphatic carbocycles. The van der Waals surface area contributed by atoms with E-state index in [9.17, 15) is 0 Å². The predicted octanol–water partition coefficient (Wildman–Crippen LogP) is 5.77. The summed E-state index contributed by atoms with van der Waals surface area (Å²) in [7, 11) is 0. The van der Waals surface area contributed by atoms with Crippen LogP contribution in [0.3, 0.4) is 0 Å². The molecule has 1 aliphatic heterocycles. The molecule has 2 heterocycles. The van der Waals surface area contributed by atoms with Crippen LogP contribution in [0.5, 0.6) is 11.5 Å². The number of ether oxygens (including phenoxy) is 3. The molecule has 1 aliphatic rings. The highest BCUT2D eigenvalue weighted by molar-refractivity contribution is 6.09. The summed E-state index contributed by atoms with van der Waals surface area (Å²) >= 11 is 0. The van der Waals surface area contributed by atoms with Gasteiger partial charge in [0.25, 0.3) is 0 Å². The molecule has 0 saturated carbocycles. The second kappa shape index (κ2) is 9.55. The van der Waals surface area contributed by atoms with Gasteiger partial charge in [-0.3, -0.25) is 0 Å². The molecule has 6 nitrogen and oxygen atoms in total. The van der Waals surface area contributed by atoms with Gasteiger partial charge in [0.1, 0.15) is 11.5 Å². The van der Waals surface area contributed by atoms with E-state index in [2.05, 4.69) is 34.5 Å². The Bertz CT molecular complexity index is 1210. The lowest BCUT2D eigenvalue weighted by molar-refractivity contribution is 0.122. The monoisotopic (exact) mass is 443 g/mol. The first kappa shape index (κ1) is 21.3. The van der Waals surface area contributed by atoms with Gasteiger partial charge in [-0.2, -0.15) is 0 Å². The summed E-state index contributed by atoms with van der Waals surface area (Å²) in [6.07, 6.45) is 0. The second-order valence-corrected chi connectivity index (χ2v) is 7.93. The minimum atomic E-state index is 0.572. The summed E-state index contributed by atoms with van der Waals surface area (Å²) in [5.41, 5.74) is 4.83. The van der Waals surface area contributed by atoms with Crippen LogP contribution in [0.4, 0.5) is 17.1 Å². The number of rotatable bonds is 7. The third-order valence-electron chi connectivity index (χ3n) is 5.86.